The van der Waals surface area contributed by atoms with E-state index in [-0.39, 0.29) is 25.7 Å². The minimum atomic E-state index is -1.05. The van der Waals surface area contributed by atoms with E-state index in [1.807, 2.05) is 4.90 Å². The quantitative estimate of drug-likeness (QED) is 0.777. The lowest BCUT2D eigenvalue weighted by Crippen LogP contribution is -2.62. The van der Waals surface area contributed by atoms with E-state index >= 15 is 0 Å². The molecule has 0 aromatic carbocycles. The Labute approximate surface area is 143 Å². The molecule has 4 aliphatic rings. The molecule has 1 aliphatic heterocycles. The maximum atomic E-state index is 12.1. The van der Waals surface area contributed by atoms with Gasteiger partial charge in [-0.3, -0.25) is 14.5 Å². The number of hydrogen-bond acceptors (Lipinski definition) is 6. The zero-order chi connectivity index (χ0) is 17.5. The highest BCUT2D eigenvalue weighted by Gasteiger charge is 2.57. The first-order valence-electron chi connectivity index (χ1n) is 8.73. The van der Waals surface area contributed by atoms with Crippen LogP contribution in [0.25, 0.3) is 0 Å². The summed E-state index contributed by atoms with van der Waals surface area (Å²) in [5, 5.41) is 8.79. The van der Waals surface area contributed by atoms with Gasteiger partial charge in [0.05, 0.1) is 19.7 Å². The van der Waals surface area contributed by atoms with Crippen LogP contribution in [-0.4, -0.2) is 54.8 Å². The number of carbonyl (C=O) groups excluding carboxylic acids is 2. The van der Waals surface area contributed by atoms with Crippen molar-refractivity contribution in [1.82, 2.24) is 4.90 Å². The Morgan fingerprint density at radius 1 is 1.25 bits per heavy atom. The molecule has 3 aliphatic carbocycles. The van der Waals surface area contributed by atoms with Crippen molar-refractivity contribution >= 4 is 19.1 Å². The molecule has 24 heavy (non-hydrogen) atoms. The topological polar surface area (TPSA) is 76.1 Å². The van der Waals surface area contributed by atoms with Crippen molar-refractivity contribution in [3.8, 4) is 0 Å². The molecule has 1 unspecified atom stereocenters. The first-order valence-corrected chi connectivity index (χ1v) is 8.73. The summed E-state index contributed by atoms with van der Waals surface area (Å²) >= 11 is 0. The largest absolute Gasteiger partial charge is 0.628 e. The number of nitrogens with zero attached hydrogens (tertiary/aromatic N) is 1. The average molecular weight is 335 g/mol. The molecule has 1 saturated heterocycles. The van der Waals surface area contributed by atoms with Crippen LogP contribution in [0.1, 0.15) is 33.6 Å². The van der Waals surface area contributed by atoms with Crippen molar-refractivity contribution in [1.29, 1.82) is 0 Å². The third kappa shape index (κ3) is 3.11. The van der Waals surface area contributed by atoms with Crippen molar-refractivity contribution in [2.24, 2.45) is 23.2 Å². The third-order valence-corrected chi connectivity index (χ3v) is 6.34. The second-order valence-corrected chi connectivity index (χ2v) is 7.89. The molecule has 2 bridgehead atoms. The fourth-order valence-electron chi connectivity index (χ4n) is 4.83. The number of aliphatic hydroxyl groups excluding tert-OH is 1. The third-order valence-electron chi connectivity index (χ3n) is 6.34. The van der Waals surface area contributed by atoms with E-state index < -0.39 is 19.1 Å². The first-order chi connectivity index (χ1) is 11.3. The Morgan fingerprint density at radius 2 is 1.88 bits per heavy atom. The predicted molar refractivity (Wildman–Crippen MR) is 88.7 cm³/mol. The second kappa shape index (κ2) is 6.52. The van der Waals surface area contributed by atoms with Crippen molar-refractivity contribution in [2.75, 3.05) is 19.7 Å². The lowest BCUT2D eigenvalue weighted by molar-refractivity contribution is -0.160. The summed E-state index contributed by atoms with van der Waals surface area (Å²) < 4.78 is 10.4. The molecule has 4 fully saturated rings. The number of aliphatic hydroxyl groups is 1. The summed E-state index contributed by atoms with van der Waals surface area (Å²) in [5.41, 5.74) is 0.361. The maximum Gasteiger partial charge on any atom is 0.628 e. The van der Waals surface area contributed by atoms with Crippen molar-refractivity contribution in [2.45, 2.75) is 39.7 Å². The molecule has 4 atom stereocenters. The molecule has 0 spiro atoms. The van der Waals surface area contributed by atoms with E-state index in [0.717, 1.165) is 6.42 Å². The number of fused-ring (bicyclic) bond motifs is 2. The molecule has 4 rings (SSSR count). The molecule has 1 heterocycles. The summed E-state index contributed by atoms with van der Waals surface area (Å²) in [5.74, 6) is 2.31. The van der Waals surface area contributed by atoms with Crippen molar-refractivity contribution in [3.05, 3.63) is 12.1 Å². The van der Waals surface area contributed by atoms with E-state index in [2.05, 4.69) is 20.8 Å². The van der Waals surface area contributed by atoms with Gasteiger partial charge < -0.3 is 14.4 Å². The summed E-state index contributed by atoms with van der Waals surface area (Å²) in [6, 6.07) is 0.214. The molecule has 6 nitrogen and oxygen atoms in total. The monoisotopic (exact) mass is 335 g/mol. The minimum Gasteiger partial charge on any atom is -0.495 e. The van der Waals surface area contributed by atoms with Crippen LogP contribution in [0.4, 0.5) is 0 Å². The Kier molecular flexibility index (Phi) is 4.75. The van der Waals surface area contributed by atoms with Crippen LogP contribution in [0.15, 0.2) is 12.1 Å². The van der Waals surface area contributed by atoms with E-state index in [4.69, 9.17) is 14.4 Å². The fraction of sp³-hybridized carbons (Fsp3) is 0.765. The highest BCUT2D eigenvalue weighted by atomic mass is 16.6. The molecule has 0 amide bonds. The number of rotatable bonds is 3. The molecule has 0 radical (unpaired) electrons. The SMILES string of the molecule is C[C@@H]1C2C[C@@H](C[C@H]1N1CC(=O)OB(/C=C/CO)OC(=O)C1)C2(C)C. The normalized spacial score (nSPS) is 36.6. The maximum absolute atomic E-state index is 12.1. The molecule has 3 saturated carbocycles. The molecular formula is C17H26BNO5. The fourth-order valence-corrected chi connectivity index (χ4v) is 4.83. The van der Waals surface area contributed by atoms with Crippen LogP contribution in [0.3, 0.4) is 0 Å². The van der Waals surface area contributed by atoms with Crippen molar-refractivity contribution in [3.63, 3.8) is 0 Å². The standard InChI is InChI=1S/C17H26BNO5/c1-11-13-7-12(17(13,2)3)8-14(11)19-9-15(21)23-18(5-4-6-20)24-16(22)10-19/h4-5,11-14,20H,6-10H2,1-3H3/b5-4+/t11-,12+,13?,14-/m1/s1. The van der Waals surface area contributed by atoms with Gasteiger partial charge in [-0.2, -0.15) is 0 Å². The molecule has 0 aromatic rings. The molecular weight excluding hydrogens is 309 g/mol. The van der Waals surface area contributed by atoms with E-state index in [1.165, 1.54) is 18.5 Å². The number of carbonyl (C=O) groups is 2. The van der Waals surface area contributed by atoms with Crippen LogP contribution in [0.5, 0.6) is 0 Å². The van der Waals surface area contributed by atoms with Gasteiger partial charge in [0.15, 0.2) is 0 Å². The van der Waals surface area contributed by atoms with Crippen molar-refractivity contribution < 1.29 is 24.0 Å². The van der Waals surface area contributed by atoms with Gasteiger partial charge in [-0.05, 0) is 42.0 Å². The smallest absolute Gasteiger partial charge is 0.495 e. The molecule has 1 N–H and O–H groups in total. The van der Waals surface area contributed by atoms with Gasteiger partial charge in [0.1, 0.15) is 0 Å². The van der Waals surface area contributed by atoms with Gasteiger partial charge >= 0.3 is 19.1 Å². The predicted octanol–water partition coefficient (Wildman–Crippen LogP) is 1.03. The van der Waals surface area contributed by atoms with E-state index in [1.54, 1.807) is 0 Å². The van der Waals surface area contributed by atoms with Gasteiger partial charge in [-0.15, -0.1) is 0 Å². The van der Waals surface area contributed by atoms with Gasteiger partial charge in [-0.25, -0.2) is 0 Å². The van der Waals surface area contributed by atoms with Crippen LogP contribution in [0.2, 0.25) is 0 Å². The zero-order valence-corrected chi connectivity index (χ0v) is 14.6. The first kappa shape index (κ1) is 17.5. The lowest BCUT2D eigenvalue weighted by Gasteiger charge is -2.63. The van der Waals surface area contributed by atoms with Gasteiger partial charge in [0.25, 0.3) is 0 Å². The minimum absolute atomic E-state index is 0.105. The Balaban J connectivity index is 1.69. The average Bonchev–Trinajstić information content (AvgIpc) is 2.49. The van der Waals surface area contributed by atoms with E-state index in [0.29, 0.717) is 23.2 Å². The highest BCUT2D eigenvalue weighted by molar-refractivity contribution is 6.54. The van der Waals surface area contributed by atoms with Crippen LogP contribution in [-0.2, 0) is 18.9 Å². The Morgan fingerprint density at radius 3 is 2.38 bits per heavy atom. The molecule has 0 aromatic heterocycles. The van der Waals surface area contributed by atoms with Gasteiger partial charge in [0, 0.05) is 6.04 Å². The Hall–Kier alpha value is -1.34. The lowest BCUT2D eigenvalue weighted by atomic mass is 9.44. The summed E-state index contributed by atoms with van der Waals surface area (Å²) in [4.78, 5) is 26.2. The summed E-state index contributed by atoms with van der Waals surface area (Å²) in [6.07, 6.45) is 3.66. The molecule has 7 heteroatoms. The van der Waals surface area contributed by atoms with Gasteiger partial charge in [-0.1, -0.05) is 26.8 Å². The van der Waals surface area contributed by atoms with E-state index in [9.17, 15) is 9.59 Å². The zero-order valence-electron chi connectivity index (χ0n) is 14.6. The summed E-state index contributed by atoms with van der Waals surface area (Å²) in [7, 11) is -1.05. The molecule has 132 valence electrons. The number of hydrogen-bond donors (Lipinski definition) is 1. The highest BCUT2D eigenvalue weighted by Crippen LogP contribution is 2.61. The van der Waals surface area contributed by atoms with Gasteiger partial charge in [0.2, 0.25) is 0 Å². The summed E-state index contributed by atoms with van der Waals surface area (Å²) in [6.45, 7) is 6.89. The Bertz CT molecular complexity index is 529. The van der Waals surface area contributed by atoms with Crippen LogP contribution in [0, 0.1) is 23.2 Å². The van der Waals surface area contributed by atoms with Crippen LogP contribution < -0.4 is 0 Å². The van der Waals surface area contributed by atoms with Crippen LogP contribution >= 0.6 is 0 Å². The second-order valence-electron chi connectivity index (χ2n) is 7.89.